The van der Waals surface area contributed by atoms with Crippen LogP contribution in [0, 0.1) is 6.92 Å². The highest BCUT2D eigenvalue weighted by atomic mass is 32.2. The number of carbonyl (C=O) groups is 1. The number of likely N-dealkylation sites (tertiary alicyclic amines) is 1. The van der Waals surface area contributed by atoms with Gasteiger partial charge in [-0.2, -0.15) is 5.10 Å². The number of nitrogens with zero attached hydrogens (tertiary/aromatic N) is 4. The minimum atomic E-state index is -3.17. The predicted octanol–water partition coefficient (Wildman–Crippen LogP) is 1.84. The number of carbonyl (C=O) groups excluding carboxylic acids is 1. The van der Waals surface area contributed by atoms with Gasteiger partial charge in [0.05, 0.1) is 41.2 Å². The van der Waals surface area contributed by atoms with Crippen molar-refractivity contribution in [1.29, 1.82) is 0 Å². The van der Waals surface area contributed by atoms with E-state index in [-0.39, 0.29) is 23.5 Å². The molecule has 1 N–H and O–H groups in total. The lowest BCUT2D eigenvalue weighted by molar-refractivity contribution is 0.0920. The molecule has 2 fully saturated rings. The molecule has 5 heterocycles. The van der Waals surface area contributed by atoms with Gasteiger partial charge in [0, 0.05) is 16.6 Å². The summed E-state index contributed by atoms with van der Waals surface area (Å²) in [6.07, 6.45) is 3.82. The van der Waals surface area contributed by atoms with Gasteiger partial charge in [0.2, 0.25) is 0 Å². The number of fused-ring (bicyclic) bond motifs is 1. The van der Waals surface area contributed by atoms with Gasteiger partial charge in [-0.05, 0) is 50.4 Å². The molecule has 2 atom stereocenters. The van der Waals surface area contributed by atoms with Gasteiger partial charge in [-0.15, -0.1) is 11.3 Å². The van der Waals surface area contributed by atoms with Crippen LogP contribution in [0.5, 0.6) is 0 Å². The maximum atomic E-state index is 13.3. The number of amides is 1. The van der Waals surface area contributed by atoms with Crippen LogP contribution in [0.3, 0.4) is 0 Å². The summed E-state index contributed by atoms with van der Waals surface area (Å²) in [4.78, 5) is 21.3. The van der Waals surface area contributed by atoms with E-state index in [1.165, 1.54) is 0 Å². The van der Waals surface area contributed by atoms with Crippen molar-refractivity contribution in [2.75, 3.05) is 24.6 Å². The highest BCUT2D eigenvalue weighted by molar-refractivity contribution is 7.91. The maximum absolute atomic E-state index is 13.3. The van der Waals surface area contributed by atoms with Gasteiger partial charge in [-0.25, -0.2) is 18.1 Å². The number of rotatable bonds is 5. The van der Waals surface area contributed by atoms with Gasteiger partial charge < -0.3 is 5.32 Å². The van der Waals surface area contributed by atoms with E-state index < -0.39 is 15.9 Å². The van der Waals surface area contributed by atoms with Gasteiger partial charge >= 0.3 is 0 Å². The fourth-order valence-corrected chi connectivity index (χ4v) is 7.31. The number of nitrogens with one attached hydrogen (secondary N) is 1. The Morgan fingerprint density at radius 1 is 1.29 bits per heavy atom. The summed E-state index contributed by atoms with van der Waals surface area (Å²) in [5.41, 5.74) is 1.87. The molecule has 5 rings (SSSR count). The van der Waals surface area contributed by atoms with Crippen LogP contribution >= 0.6 is 11.3 Å². The molecule has 3 aromatic heterocycles. The largest absolute Gasteiger partial charge is 0.347 e. The lowest BCUT2D eigenvalue weighted by atomic mass is 10.1. The van der Waals surface area contributed by atoms with Gasteiger partial charge in [-0.3, -0.25) is 9.69 Å². The standard InChI is InChI=1S/C21H25N5O3S2/c1-14-9-16(17-10-22-26(20(17)23-14)11-15-5-4-8-30-15)21(27)24-18-12-31(28,29)13-19(18)25-6-2-3-7-25/h4-5,8-10,18-19H,2-3,6-7,11-13H2,1H3,(H,24,27). The topological polar surface area (TPSA) is 97.2 Å². The molecular formula is C21H25N5O3S2. The average molecular weight is 460 g/mol. The lowest BCUT2D eigenvalue weighted by Crippen LogP contribution is -2.50. The number of sulfone groups is 1. The molecule has 2 aliphatic heterocycles. The quantitative estimate of drug-likeness (QED) is 0.625. The molecule has 0 spiro atoms. The number of aryl methyl sites for hydroxylation is 1. The normalized spacial score (nSPS) is 23.5. The first kappa shape index (κ1) is 20.6. The third-order valence-corrected chi connectivity index (χ3v) is 8.69. The molecular weight excluding hydrogens is 434 g/mol. The molecule has 0 bridgehead atoms. The van der Waals surface area contributed by atoms with E-state index >= 15 is 0 Å². The number of pyridine rings is 1. The SMILES string of the molecule is Cc1cc(C(=O)NC2CS(=O)(=O)CC2N2CCCC2)c2cnn(Cc3cccs3)c2n1. The van der Waals surface area contributed by atoms with Crippen LogP contribution < -0.4 is 5.32 Å². The minimum absolute atomic E-state index is 0.00917. The first-order chi connectivity index (χ1) is 14.9. The molecule has 2 saturated heterocycles. The van der Waals surface area contributed by atoms with Crippen molar-refractivity contribution >= 4 is 38.1 Å². The number of hydrogen-bond acceptors (Lipinski definition) is 7. The third-order valence-electron chi connectivity index (χ3n) is 6.12. The van der Waals surface area contributed by atoms with Crippen LogP contribution in [0.4, 0.5) is 0 Å². The zero-order valence-corrected chi connectivity index (χ0v) is 19.0. The fraction of sp³-hybridized carbons (Fsp3) is 0.476. The van der Waals surface area contributed by atoms with E-state index in [4.69, 9.17) is 0 Å². The summed E-state index contributed by atoms with van der Waals surface area (Å²) in [6.45, 7) is 4.23. The molecule has 8 nitrogen and oxygen atoms in total. The zero-order chi connectivity index (χ0) is 21.6. The Kier molecular flexibility index (Phi) is 5.31. The van der Waals surface area contributed by atoms with Crippen molar-refractivity contribution < 1.29 is 13.2 Å². The number of aromatic nitrogens is 3. The van der Waals surface area contributed by atoms with Crippen molar-refractivity contribution in [3.63, 3.8) is 0 Å². The molecule has 31 heavy (non-hydrogen) atoms. The van der Waals surface area contributed by atoms with Crippen molar-refractivity contribution in [1.82, 2.24) is 25.0 Å². The van der Waals surface area contributed by atoms with E-state index in [1.54, 1.807) is 28.3 Å². The Balaban J connectivity index is 1.43. The summed E-state index contributed by atoms with van der Waals surface area (Å²) in [5.74, 6) is -0.163. The van der Waals surface area contributed by atoms with Crippen LogP contribution in [-0.2, 0) is 16.4 Å². The Bertz CT molecular complexity index is 1210. The Morgan fingerprint density at radius 3 is 2.84 bits per heavy atom. The summed E-state index contributed by atoms with van der Waals surface area (Å²) in [7, 11) is -3.17. The average Bonchev–Trinajstić information content (AvgIpc) is 3.50. The molecule has 3 aromatic rings. The summed E-state index contributed by atoms with van der Waals surface area (Å²) in [6, 6.07) is 5.23. The summed E-state index contributed by atoms with van der Waals surface area (Å²) < 4.78 is 26.5. The van der Waals surface area contributed by atoms with Crippen molar-refractivity contribution in [3.05, 3.63) is 45.9 Å². The number of hydrogen-bond donors (Lipinski definition) is 1. The first-order valence-corrected chi connectivity index (χ1v) is 13.2. The van der Waals surface area contributed by atoms with E-state index in [1.807, 2.05) is 24.4 Å². The van der Waals surface area contributed by atoms with Crippen LogP contribution in [0.2, 0.25) is 0 Å². The Labute approximate surface area is 185 Å². The first-order valence-electron chi connectivity index (χ1n) is 10.5. The Morgan fingerprint density at radius 2 is 2.10 bits per heavy atom. The zero-order valence-electron chi connectivity index (χ0n) is 17.3. The van der Waals surface area contributed by atoms with E-state index in [0.29, 0.717) is 23.1 Å². The smallest absolute Gasteiger partial charge is 0.252 e. The van der Waals surface area contributed by atoms with Crippen molar-refractivity contribution in [3.8, 4) is 0 Å². The molecule has 0 aromatic carbocycles. The second-order valence-electron chi connectivity index (χ2n) is 8.40. The summed E-state index contributed by atoms with van der Waals surface area (Å²) >= 11 is 1.65. The van der Waals surface area contributed by atoms with Crippen LogP contribution in [-0.4, -0.2) is 70.7 Å². The third kappa shape index (κ3) is 4.11. The molecule has 0 aliphatic carbocycles. The van der Waals surface area contributed by atoms with Gasteiger partial charge in [0.15, 0.2) is 15.5 Å². The maximum Gasteiger partial charge on any atom is 0.252 e. The van der Waals surface area contributed by atoms with E-state index in [0.717, 1.165) is 36.5 Å². The molecule has 164 valence electrons. The highest BCUT2D eigenvalue weighted by Gasteiger charge is 2.42. The van der Waals surface area contributed by atoms with Crippen molar-refractivity contribution in [2.24, 2.45) is 0 Å². The van der Waals surface area contributed by atoms with Gasteiger partial charge in [0.25, 0.3) is 5.91 Å². The number of thiophene rings is 1. The van der Waals surface area contributed by atoms with Gasteiger partial charge in [-0.1, -0.05) is 6.07 Å². The molecule has 0 saturated carbocycles. The van der Waals surface area contributed by atoms with Crippen LogP contribution in [0.15, 0.2) is 29.8 Å². The molecule has 2 unspecified atom stereocenters. The minimum Gasteiger partial charge on any atom is -0.347 e. The molecule has 1 amide bonds. The molecule has 2 aliphatic rings. The van der Waals surface area contributed by atoms with E-state index in [2.05, 4.69) is 20.3 Å². The summed E-state index contributed by atoms with van der Waals surface area (Å²) in [5, 5.41) is 10.2. The second kappa shape index (κ2) is 7.99. The fourth-order valence-electron chi connectivity index (χ4n) is 4.67. The van der Waals surface area contributed by atoms with Crippen LogP contribution in [0.25, 0.3) is 11.0 Å². The van der Waals surface area contributed by atoms with Crippen LogP contribution in [0.1, 0.15) is 33.8 Å². The monoisotopic (exact) mass is 459 g/mol. The highest BCUT2D eigenvalue weighted by Crippen LogP contribution is 2.25. The molecule has 0 radical (unpaired) electrons. The predicted molar refractivity (Wildman–Crippen MR) is 120 cm³/mol. The molecule has 10 heteroatoms. The second-order valence-corrected chi connectivity index (χ2v) is 11.6. The van der Waals surface area contributed by atoms with Crippen molar-refractivity contribution in [2.45, 2.75) is 38.4 Å². The lowest BCUT2D eigenvalue weighted by Gasteiger charge is -2.28. The Hall–Kier alpha value is -2.30. The van der Waals surface area contributed by atoms with Gasteiger partial charge in [0.1, 0.15) is 0 Å². The van der Waals surface area contributed by atoms with E-state index in [9.17, 15) is 13.2 Å².